The Morgan fingerprint density at radius 1 is 1.78 bits per heavy atom. The second-order valence-electron chi connectivity index (χ2n) is 1.68. The van der Waals surface area contributed by atoms with Gasteiger partial charge >= 0.3 is 0 Å². The number of rotatable bonds is 4. The molecule has 3 nitrogen and oxygen atoms in total. The minimum atomic E-state index is 0.165. The van der Waals surface area contributed by atoms with Crippen molar-refractivity contribution in [3.05, 3.63) is 12.4 Å². The zero-order valence-corrected chi connectivity index (χ0v) is 5.62. The van der Waals surface area contributed by atoms with E-state index in [1.54, 1.807) is 12.4 Å². The summed E-state index contributed by atoms with van der Waals surface area (Å²) in [7, 11) is 1.86. The van der Waals surface area contributed by atoms with Gasteiger partial charge in [0, 0.05) is 26.0 Å². The number of aliphatic imine (C=N–C) groups is 1. The number of hydrogen-bond donors (Lipinski definition) is 1. The molecular formula is C6H12N2O. The number of likely N-dealkylation sites (N-methyl/N-ethyl adjacent to an activating group) is 1. The van der Waals surface area contributed by atoms with Crippen molar-refractivity contribution in [2.75, 3.05) is 20.2 Å². The van der Waals surface area contributed by atoms with Crippen molar-refractivity contribution in [1.82, 2.24) is 4.90 Å². The van der Waals surface area contributed by atoms with Crippen molar-refractivity contribution in [2.45, 2.75) is 0 Å². The lowest BCUT2D eigenvalue weighted by atomic mass is 10.6. The zero-order chi connectivity index (χ0) is 7.11. The molecule has 0 aliphatic carbocycles. The van der Waals surface area contributed by atoms with E-state index >= 15 is 0 Å². The smallest absolute Gasteiger partial charge is 0.0606 e. The van der Waals surface area contributed by atoms with E-state index in [9.17, 15) is 0 Å². The largest absolute Gasteiger partial charge is 0.395 e. The molecule has 0 saturated heterocycles. The third-order valence-corrected chi connectivity index (χ3v) is 0.879. The molecule has 0 saturated carbocycles. The Morgan fingerprint density at radius 3 is 2.89 bits per heavy atom. The van der Waals surface area contributed by atoms with Gasteiger partial charge in [0.2, 0.25) is 0 Å². The van der Waals surface area contributed by atoms with E-state index in [2.05, 4.69) is 11.7 Å². The van der Waals surface area contributed by atoms with Crippen LogP contribution in [0.3, 0.4) is 0 Å². The van der Waals surface area contributed by atoms with E-state index in [1.165, 1.54) is 0 Å². The highest BCUT2D eigenvalue weighted by Gasteiger charge is 1.84. The monoisotopic (exact) mass is 128 g/mol. The van der Waals surface area contributed by atoms with Gasteiger partial charge in [-0.2, -0.15) is 0 Å². The van der Waals surface area contributed by atoms with Crippen molar-refractivity contribution in [3.63, 3.8) is 0 Å². The first kappa shape index (κ1) is 8.17. The zero-order valence-electron chi connectivity index (χ0n) is 5.62. The van der Waals surface area contributed by atoms with Gasteiger partial charge in [-0.25, -0.2) is 0 Å². The van der Waals surface area contributed by atoms with Crippen LogP contribution in [0.25, 0.3) is 0 Å². The molecule has 0 bridgehead atoms. The highest BCUT2D eigenvalue weighted by Crippen LogP contribution is 1.81. The highest BCUT2D eigenvalue weighted by atomic mass is 16.3. The Hall–Kier alpha value is -0.830. The molecule has 0 spiro atoms. The Morgan fingerprint density at radius 2 is 2.44 bits per heavy atom. The molecule has 3 heteroatoms. The summed E-state index contributed by atoms with van der Waals surface area (Å²) in [6.45, 7) is 4.06. The second kappa shape index (κ2) is 5.31. The maximum Gasteiger partial charge on any atom is 0.0606 e. The van der Waals surface area contributed by atoms with Gasteiger partial charge in [-0.3, -0.25) is 4.99 Å². The minimum absolute atomic E-state index is 0.165. The summed E-state index contributed by atoms with van der Waals surface area (Å²) < 4.78 is 0. The van der Waals surface area contributed by atoms with Gasteiger partial charge in [-0.1, -0.05) is 0 Å². The third kappa shape index (κ3) is 5.03. The molecule has 0 heterocycles. The Kier molecular flexibility index (Phi) is 4.82. The van der Waals surface area contributed by atoms with E-state index in [-0.39, 0.29) is 6.61 Å². The molecule has 0 aliphatic heterocycles. The molecule has 0 atom stereocenters. The van der Waals surface area contributed by atoms with Crippen molar-refractivity contribution >= 4 is 6.72 Å². The van der Waals surface area contributed by atoms with Crippen LogP contribution in [0.2, 0.25) is 0 Å². The summed E-state index contributed by atoms with van der Waals surface area (Å²) in [5.41, 5.74) is 0. The van der Waals surface area contributed by atoms with Crippen LogP contribution in [0, 0.1) is 0 Å². The predicted octanol–water partition coefficient (Wildman–Crippen LogP) is 0.0823. The fraction of sp³-hybridized carbons (Fsp3) is 0.500. The van der Waals surface area contributed by atoms with Crippen molar-refractivity contribution in [1.29, 1.82) is 0 Å². The Balaban J connectivity index is 3.35. The molecule has 1 N–H and O–H groups in total. The van der Waals surface area contributed by atoms with Crippen molar-refractivity contribution < 1.29 is 5.11 Å². The first-order chi connectivity index (χ1) is 4.31. The van der Waals surface area contributed by atoms with Gasteiger partial charge in [0.1, 0.15) is 0 Å². The molecule has 0 aliphatic rings. The highest BCUT2D eigenvalue weighted by molar-refractivity contribution is 5.25. The maximum atomic E-state index is 8.41. The average Bonchev–Trinajstić information content (AvgIpc) is 1.85. The molecule has 0 aromatic heterocycles. The average molecular weight is 128 g/mol. The summed E-state index contributed by atoms with van der Waals surface area (Å²) in [6, 6.07) is 0. The molecular weight excluding hydrogens is 116 g/mol. The molecule has 0 rings (SSSR count). The van der Waals surface area contributed by atoms with Crippen LogP contribution in [-0.2, 0) is 0 Å². The second-order valence-corrected chi connectivity index (χ2v) is 1.68. The van der Waals surface area contributed by atoms with Crippen LogP contribution in [0.1, 0.15) is 0 Å². The van der Waals surface area contributed by atoms with E-state index < -0.39 is 0 Å². The quantitative estimate of drug-likeness (QED) is 0.544. The standard InChI is InChI=1S/C6H12N2O/c1-7-3-4-8(2)5-6-9/h3-4,9H,1,5-6H2,2H3/b4-3-. The first-order valence-electron chi connectivity index (χ1n) is 2.75. The molecule has 9 heavy (non-hydrogen) atoms. The van der Waals surface area contributed by atoms with E-state index in [0.717, 1.165) is 0 Å². The van der Waals surface area contributed by atoms with E-state index in [4.69, 9.17) is 5.11 Å². The molecule has 0 amide bonds. The molecule has 0 unspecified atom stereocenters. The van der Waals surface area contributed by atoms with Crippen LogP contribution < -0.4 is 0 Å². The van der Waals surface area contributed by atoms with Gasteiger partial charge in [-0.05, 0) is 6.72 Å². The first-order valence-corrected chi connectivity index (χ1v) is 2.75. The Labute approximate surface area is 55.3 Å². The third-order valence-electron chi connectivity index (χ3n) is 0.879. The lowest BCUT2D eigenvalue weighted by Gasteiger charge is -2.09. The number of hydrogen-bond acceptors (Lipinski definition) is 3. The summed E-state index contributed by atoms with van der Waals surface area (Å²) >= 11 is 0. The van der Waals surface area contributed by atoms with Crippen LogP contribution >= 0.6 is 0 Å². The van der Waals surface area contributed by atoms with E-state index in [0.29, 0.717) is 6.54 Å². The lowest BCUT2D eigenvalue weighted by Crippen LogP contribution is -2.14. The Bertz CT molecular complexity index is 101. The fourth-order valence-corrected chi connectivity index (χ4v) is 0.393. The summed E-state index contributed by atoms with van der Waals surface area (Å²) in [4.78, 5) is 5.33. The molecule has 0 aromatic rings. The molecule has 52 valence electrons. The van der Waals surface area contributed by atoms with Gasteiger partial charge < -0.3 is 10.0 Å². The number of aliphatic hydroxyl groups is 1. The maximum absolute atomic E-state index is 8.41. The summed E-state index contributed by atoms with van der Waals surface area (Å²) in [6.07, 6.45) is 3.33. The van der Waals surface area contributed by atoms with Gasteiger partial charge in [0.25, 0.3) is 0 Å². The topological polar surface area (TPSA) is 35.8 Å². The molecule has 0 radical (unpaired) electrons. The van der Waals surface area contributed by atoms with Crippen LogP contribution in [-0.4, -0.2) is 36.9 Å². The van der Waals surface area contributed by atoms with Gasteiger partial charge in [0.05, 0.1) is 6.61 Å². The van der Waals surface area contributed by atoms with Crippen molar-refractivity contribution in [3.8, 4) is 0 Å². The molecule has 0 aromatic carbocycles. The van der Waals surface area contributed by atoms with E-state index in [1.807, 2.05) is 11.9 Å². The SMILES string of the molecule is C=N/C=C\N(C)CCO. The normalized spacial score (nSPS) is 10.0. The van der Waals surface area contributed by atoms with Gasteiger partial charge in [-0.15, -0.1) is 0 Å². The lowest BCUT2D eigenvalue weighted by molar-refractivity contribution is 0.254. The number of aliphatic hydroxyl groups excluding tert-OH is 1. The summed E-state index contributed by atoms with van der Waals surface area (Å²) in [5, 5.41) is 8.41. The van der Waals surface area contributed by atoms with Crippen LogP contribution in [0.4, 0.5) is 0 Å². The van der Waals surface area contributed by atoms with Crippen molar-refractivity contribution in [2.24, 2.45) is 4.99 Å². The fourth-order valence-electron chi connectivity index (χ4n) is 0.393. The summed E-state index contributed by atoms with van der Waals surface area (Å²) in [5.74, 6) is 0. The van der Waals surface area contributed by atoms with Gasteiger partial charge in [0.15, 0.2) is 0 Å². The predicted molar refractivity (Wildman–Crippen MR) is 38.4 cm³/mol. The number of nitrogens with zero attached hydrogens (tertiary/aromatic N) is 2. The minimum Gasteiger partial charge on any atom is -0.395 e. The van der Waals surface area contributed by atoms with Crippen LogP contribution in [0.5, 0.6) is 0 Å². The van der Waals surface area contributed by atoms with Crippen LogP contribution in [0.15, 0.2) is 17.4 Å². The molecule has 0 fully saturated rings.